The van der Waals surface area contributed by atoms with Crippen molar-refractivity contribution in [3.05, 3.63) is 190 Å². The summed E-state index contributed by atoms with van der Waals surface area (Å²) in [5, 5.41) is 13.6. The molecular formula is C48H45F6N5O3. The normalized spacial score (nSPS) is 13.8. The fraction of sp³-hybridized carbons (Fsp3) is 0.250. The first-order chi connectivity index (χ1) is 29.2. The number of hydrogen-bond donors (Lipinski definition) is 2. The van der Waals surface area contributed by atoms with Crippen LogP contribution in [-0.2, 0) is 45.9 Å². The van der Waals surface area contributed by atoms with Gasteiger partial charge in [0.15, 0.2) is 11.1 Å². The van der Waals surface area contributed by atoms with Gasteiger partial charge in [0.05, 0.1) is 0 Å². The van der Waals surface area contributed by atoms with E-state index in [0.717, 1.165) is 46.8 Å². The molecule has 62 heavy (non-hydrogen) atoms. The molecule has 2 heterocycles. The van der Waals surface area contributed by atoms with Crippen molar-refractivity contribution in [3.8, 4) is 0 Å². The summed E-state index contributed by atoms with van der Waals surface area (Å²) >= 11 is 0. The topological polar surface area (TPSA) is 113 Å². The highest BCUT2D eigenvalue weighted by Crippen LogP contribution is 2.44. The molecule has 8 nitrogen and oxygen atoms in total. The lowest BCUT2D eigenvalue weighted by molar-refractivity contribution is -0.156. The van der Waals surface area contributed by atoms with Crippen molar-refractivity contribution in [2.24, 2.45) is 5.73 Å². The summed E-state index contributed by atoms with van der Waals surface area (Å²) in [7, 11) is 0. The maximum absolute atomic E-state index is 15.8. The van der Waals surface area contributed by atoms with Gasteiger partial charge in [0.1, 0.15) is 11.4 Å². The predicted molar refractivity (Wildman–Crippen MR) is 225 cm³/mol. The van der Waals surface area contributed by atoms with E-state index in [0.29, 0.717) is 22.5 Å². The number of aryl methyl sites for hydroxylation is 4. The third kappa shape index (κ3) is 9.26. The van der Waals surface area contributed by atoms with Crippen molar-refractivity contribution in [2.75, 3.05) is 22.9 Å². The average Bonchev–Trinajstić information content (AvgIpc) is 3.25. The lowest BCUT2D eigenvalue weighted by Crippen LogP contribution is -2.70. The van der Waals surface area contributed by atoms with Crippen LogP contribution in [0.3, 0.4) is 0 Å². The van der Waals surface area contributed by atoms with Crippen LogP contribution in [0.25, 0.3) is 0 Å². The van der Waals surface area contributed by atoms with Gasteiger partial charge in [0.25, 0.3) is 11.8 Å². The van der Waals surface area contributed by atoms with Crippen LogP contribution >= 0.6 is 0 Å². The van der Waals surface area contributed by atoms with Gasteiger partial charge >= 0.3 is 12.4 Å². The Labute approximate surface area is 355 Å². The molecule has 6 rings (SSSR count). The van der Waals surface area contributed by atoms with Crippen LogP contribution in [0.5, 0.6) is 0 Å². The SMILES string of the molecule is Cc1ccc(N(CCc2ccc(C(F)(F)F)nc2)C(=O)[C@](N)(c2ccccc2)[C@](O)(C(=O)N(CCc2ccc(C(F)(F)F)nc2)c2ccc(C)c(C)c2)c2ccccc2)cc1C. The van der Waals surface area contributed by atoms with Crippen molar-refractivity contribution < 1.29 is 41.0 Å². The highest BCUT2D eigenvalue weighted by molar-refractivity contribution is 6.10. The molecule has 2 amide bonds. The Morgan fingerprint density at radius 2 is 0.952 bits per heavy atom. The lowest BCUT2D eigenvalue weighted by Gasteiger charge is -2.47. The first-order valence-corrected chi connectivity index (χ1v) is 19.7. The van der Waals surface area contributed by atoms with Crippen molar-refractivity contribution in [3.63, 3.8) is 0 Å². The van der Waals surface area contributed by atoms with E-state index in [-0.39, 0.29) is 37.1 Å². The van der Waals surface area contributed by atoms with Crippen molar-refractivity contribution in [2.45, 2.75) is 64.0 Å². The van der Waals surface area contributed by atoms with Crippen LogP contribution in [-0.4, -0.2) is 40.0 Å². The molecule has 322 valence electrons. The Balaban J connectivity index is 1.54. The molecule has 0 aliphatic carbocycles. The number of nitrogens with zero attached hydrogens (tertiary/aromatic N) is 4. The molecule has 0 fully saturated rings. The average molecular weight is 854 g/mol. The number of aliphatic hydroxyl groups is 1. The number of amides is 2. The largest absolute Gasteiger partial charge is 0.433 e. The maximum Gasteiger partial charge on any atom is 0.433 e. The maximum atomic E-state index is 15.8. The van der Waals surface area contributed by atoms with Crippen LogP contribution in [0, 0.1) is 27.7 Å². The number of rotatable bonds is 13. The van der Waals surface area contributed by atoms with E-state index in [1.807, 2.05) is 27.7 Å². The summed E-state index contributed by atoms with van der Waals surface area (Å²) < 4.78 is 80.4. The van der Waals surface area contributed by atoms with E-state index in [2.05, 4.69) is 9.97 Å². The van der Waals surface area contributed by atoms with Gasteiger partial charge in [0, 0.05) is 36.9 Å². The zero-order valence-electron chi connectivity index (χ0n) is 34.4. The van der Waals surface area contributed by atoms with Crippen LogP contribution in [0.15, 0.2) is 134 Å². The fourth-order valence-electron chi connectivity index (χ4n) is 7.24. The standard InChI is InChI=1S/C48H45F6N5O3/c1-31-15-19-39(27-33(31)3)58(25-23-35-17-21-41(56-29-35)47(49,50)51)43(60)45(55,37-11-7-5-8-12-37)46(62,38-13-9-6-10-14-38)44(61)59(40-20-16-32(2)34(4)28-40)26-24-36-18-22-42(57-30-36)48(52,53)54/h5-22,27-30,62H,23-26,55H2,1-4H3/t45-,46-/m1/s1. The first-order valence-electron chi connectivity index (χ1n) is 19.7. The number of nitrogens with two attached hydrogens (primary N) is 1. The Kier molecular flexibility index (Phi) is 13.0. The van der Waals surface area contributed by atoms with E-state index in [1.54, 1.807) is 72.8 Å². The summed E-state index contributed by atoms with van der Waals surface area (Å²) in [6, 6.07) is 30.3. The molecule has 0 bridgehead atoms. The molecule has 0 aliphatic heterocycles. The number of alkyl halides is 6. The Morgan fingerprint density at radius 1 is 0.548 bits per heavy atom. The van der Waals surface area contributed by atoms with Crippen LogP contribution in [0.4, 0.5) is 37.7 Å². The summed E-state index contributed by atoms with van der Waals surface area (Å²) in [6.07, 6.45) is -7.19. The van der Waals surface area contributed by atoms with E-state index in [4.69, 9.17) is 5.73 Å². The van der Waals surface area contributed by atoms with Gasteiger partial charge in [-0.2, -0.15) is 26.3 Å². The van der Waals surface area contributed by atoms with E-state index >= 15 is 9.59 Å². The summed E-state index contributed by atoms with van der Waals surface area (Å²) in [4.78, 5) is 41.4. The van der Waals surface area contributed by atoms with Gasteiger partial charge in [-0.15, -0.1) is 0 Å². The van der Waals surface area contributed by atoms with Gasteiger partial charge in [-0.1, -0.05) is 84.9 Å². The highest BCUT2D eigenvalue weighted by atomic mass is 19.4. The molecular weight excluding hydrogens is 809 g/mol. The Bertz CT molecular complexity index is 2340. The number of carbonyl (C=O) groups is 2. The molecule has 0 saturated heterocycles. The zero-order chi connectivity index (χ0) is 45.0. The molecule has 0 spiro atoms. The number of aromatic nitrogens is 2. The Morgan fingerprint density at radius 3 is 1.32 bits per heavy atom. The molecule has 14 heteroatoms. The number of anilines is 2. The monoisotopic (exact) mass is 853 g/mol. The quantitative estimate of drug-likeness (QED) is 0.112. The number of benzene rings is 4. The number of carbonyl (C=O) groups excluding carboxylic acids is 2. The molecule has 2 aromatic heterocycles. The van der Waals surface area contributed by atoms with Crippen molar-refractivity contribution in [1.29, 1.82) is 0 Å². The molecule has 0 unspecified atom stereocenters. The summed E-state index contributed by atoms with van der Waals surface area (Å²) in [6.45, 7) is 7.07. The minimum Gasteiger partial charge on any atom is -0.373 e. The smallest absolute Gasteiger partial charge is 0.373 e. The molecule has 3 N–H and O–H groups in total. The number of pyridine rings is 2. The predicted octanol–water partition coefficient (Wildman–Crippen LogP) is 9.34. The van der Waals surface area contributed by atoms with Crippen molar-refractivity contribution in [1.82, 2.24) is 9.97 Å². The minimum absolute atomic E-state index is 0.00230. The third-order valence-corrected chi connectivity index (χ3v) is 11.2. The van der Waals surface area contributed by atoms with Crippen LogP contribution in [0.1, 0.15) is 55.9 Å². The van der Waals surface area contributed by atoms with E-state index in [9.17, 15) is 31.4 Å². The second-order valence-electron chi connectivity index (χ2n) is 15.3. The minimum atomic E-state index is -4.67. The van der Waals surface area contributed by atoms with Gasteiger partial charge in [0.2, 0.25) is 0 Å². The molecule has 4 aromatic carbocycles. The van der Waals surface area contributed by atoms with Gasteiger partial charge in [-0.25, -0.2) is 0 Å². The molecule has 2 atom stereocenters. The highest BCUT2D eigenvalue weighted by Gasteiger charge is 2.62. The molecule has 0 aliphatic rings. The molecule has 0 saturated carbocycles. The fourth-order valence-corrected chi connectivity index (χ4v) is 7.24. The van der Waals surface area contributed by atoms with E-state index in [1.165, 1.54) is 46.2 Å². The first kappa shape index (κ1) is 45.2. The zero-order valence-corrected chi connectivity index (χ0v) is 34.4. The number of halogens is 6. The third-order valence-electron chi connectivity index (χ3n) is 11.2. The van der Waals surface area contributed by atoms with Gasteiger partial charge in [-0.05, 0) is 121 Å². The summed E-state index contributed by atoms with van der Waals surface area (Å²) in [5.41, 5.74) is 4.60. The second-order valence-corrected chi connectivity index (χ2v) is 15.3. The van der Waals surface area contributed by atoms with Crippen molar-refractivity contribution >= 4 is 23.2 Å². The number of hydrogen-bond acceptors (Lipinski definition) is 6. The molecule has 6 aromatic rings. The Hall–Kier alpha value is -6.38. The van der Waals surface area contributed by atoms with Gasteiger partial charge in [-0.3, -0.25) is 19.6 Å². The lowest BCUT2D eigenvalue weighted by atomic mass is 9.69. The summed E-state index contributed by atoms with van der Waals surface area (Å²) in [5.74, 6) is -1.93. The van der Waals surface area contributed by atoms with Gasteiger partial charge < -0.3 is 20.6 Å². The molecule has 0 radical (unpaired) electrons. The van der Waals surface area contributed by atoms with Crippen LogP contribution < -0.4 is 15.5 Å². The second kappa shape index (κ2) is 17.9. The van der Waals surface area contributed by atoms with Crippen LogP contribution in [0.2, 0.25) is 0 Å². The van der Waals surface area contributed by atoms with E-state index < -0.39 is 46.7 Å².